The number of hydrogen-bond donors (Lipinski definition) is 2. The Labute approximate surface area is 299 Å². The number of hydrogen-bond acceptors (Lipinski definition) is 8. The third-order valence-corrected chi connectivity index (χ3v) is 9.17. The van der Waals surface area contributed by atoms with Gasteiger partial charge in [-0.1, -0.05) is 59.6 Å². The van der Waals surface area contributed by atoms with Crippen molar-refractivity contribution in [2.75, 3.05) is 40.4 Å². The van der Waals surface area contributed by atoms with E-state index >= 15 is 0 Å². The van der Waals surface area contributed by atoms with Gasteiger partial charge in [-0.25, -0.2) is 9.97 Å². The summed E-state index contributed by atoms with van der Waals surface area (Å²) in [5, 5.41) is 6.95. The van der Waals surface area contributed by atoms with Crippen LogP contribution in [0.15, 0.2) is 82.6 Å². The molecule has 6 rings (SSSR count). The van der Waals surface area contributed by atoms with Crippen molar-refractivity contribution in [2.45, 2.75) is 26.7 Å². The number of aromatic nitrogens is 4. The number of fused-ring (bicyclic) bond motifs is 2. The van der Waals surface area contributed by atoms with E-state index in [4.69, 9.17) is 42.6 Å². The fourth-order valence-electron chi connectivity index (χ4n) is 5.86. The molecule has 6 aromatic rings. The molecule has 4 aromatic heterocycles. The van der Waals surface area contributed by atoms with Crippen LogP contribution < -0.4 is 31.2 Å². The van der Waals surface area contributed by atoms with E-state index < -0.39 is 0 Å². The first-order valence-corrected chi connectivity index (χ1v) is 17.2. The van der Waals surface area contributed by atoms with Gasteiger partial charge in [0.2, 0.25) is 0 Å². The second kappa shape index (κ2) is 15.4. The van der Waals surface area contributed by atoms with Crippen molar-refractivity contribution >= 4 is 34.5 Å². The van der Waals surface area contributed by atoms with Crippen LogP contribution in [-0.4, -0.2) is 59.2 Å². The number of nitrogens with one attached hydrogen (secondary N) is 2. The Morgan fingerprint density at radius 2 is 1.04 bits per heavy atom. The van der Waals surface area contributed by atoms with Crippen LogP contribution in [0.2, 0.25) is 10.0 Å². The highest BCUT2D eigenvalue weighted by molar-refractivity contribution is 6.39. The number of nitrogens with zero attached hydrogens (tertiary/aromatic N) is 4. The minimum Gasteiger partial charge on any atom is -0.492 e. The van der Waals surface area contributed by atoms with E-state index in [0.29, 0.717) is 79.7 Å². The lowest BCUT2D eigenvalue weighted by molar-refractivity contribution is 0.308. The molecule has 0 bridgehead atoms. The molecule has 12 heteroatoms. The minimum atomic E-state index is -0.258. The maximum atomic E-state index is 13.4. The summed E-state index contributed by atoms with van der Waals surface area (Å²) in [6.45, 7) is 6.51. The van der Waals surface area contributed by atoms with Gasteiger partial charge in [-0.05, 0) is 77.1 Å². The number of aryl methyl sites for hydroxylation is 2. The summed E-state index contributed by atoms with van der Waals surface area (Å²) >= 11 is 14.2. The fraction of sp³-hybridized carbons (Fsp3) is 0.263. The molecule has 0 saturated heterocycles. The first-order valence-electron chi connectivity index (χ1n) is 16.4. The predicted molar refractivity (Wildman–Crippen MR) is 200 cm³/mol. The van der Waals surface area contributed by atoms with Crippen LogP contribution in [0, 0.1) is 13.8 Å². The van der Waals surface area contributed by atoms with Crippen molar-refractivity contribution in [2.24, 2.45) is 0 Å². The van der Waals surface area contributed by atoms with E-state index in [-0.39, 0.29) is 11.1 Å². The molecule has 0 radical (unpaired) electrons. The van der Waals surface area contributed by atoms with Gasteiger partial charge < -0.3 is 20.1 Å². The molecule has 0 aliphatic heterocycles. The molecular weight excluding hydrogens is 675 g/mol. The quantitative estimate of drug-likeness (QED) is 0.129. The van der Waals surface area contributed by atoms with Crippen LogP contribution in [0.5, 0.6) is 11.5 Å². The Balaban J connectivity index is 1.35. The van der Waals surface area contributed by atoms with Crippen molar-refractivity contribution in [3.8, 4) is 45.1 Å². The van der Waals surface area contributed by atoms with Crippen LogP contribution >= 0.6 is 23.2 Å². The van der Waals surface area contributed by atoms with Crippen molar-refractivity contribution in [3.63, 3.8) is 0 Å². The summed E-state index contributed by atoms with van der Waals surface area (Å²) in [4.78, 5) is 36.4. The highest BCUT2D eigenvalue weighted by Crippen LogP contribution is 2.41. The Morgan fingerprint density at radius 1 is 0.640 bits per heavy atom. The fourth-order valence-corrected chi connectivity index (χ4v) is 6.51. The van der Waals surface area contributed by atoms with E-state index in [2.05, 4.69) is 10.6 Å². The zero-order valence-electron chi connectivity index (χ0n) is 28.3. The van der Waals surface area contributed by atoms with Crippen molar-refractivity contribution in [1.29, 1.82) is 0 Å². The normalized spacial score (nSPS) is 11.4. The van der Waals surface area contributed by atoms with Crippen LogP contribution in [0.3, 0.4) is 0 Å². The molecular formula is C38H38Cl2N6O4. The minimum absolute atomic E-state index is 0.258. The maximum absolute atomic E-state index is 13.4. The number of pyridine rings is 2. The number of halogens is 2. The molecule has 0 unspecified atom stereocenters. The predicted octanol–water partition coefficient (Wildman–Crippen LogP) is 6.60. The van der Waals surface area contributed by atoms with Crippen molar-refractivity contribution in [3.05, 3.63) is 115 Å². The van der Waals surface area contributed by atoms with Gasteiger partial charge in [-0.3, -0.25) is 18.4 Å². The molecule has 4 heterocycles. The lowest BCUT2D eigenvalue weighted by Gasteiger charge is -2.15. The van der Waals surface area contributed by atoms with Gasteiger partial charge in [0.15, 0.2) is 0 Å². The summed E-state index contributed by atoms with van der Waals surface area (Å²) in [5.41, 5.74) is 5.41. The van der Waals surface area contributed by atoms with Crippen LogP contribution in [0.4, 0.5) is 0 Å². The zero-order valence-corrected chi connectivity index (χ0v) is 29.9. The molecule has 10 nitrogen and oxygen atoms in total. The molecule has 258 valence electrons. The first-order chi connectivity index (χ1) is 24.2. The smallest absolute Gasteiger partial charge is 0.258 e. The Morgan fingerprint density at radius 3 is 1.44 bits per heavy atom. The van der Waals surface area contributed by atoms with Crippen LogP contribution in [-0.2, 0) is 0 Å². The average molecular weight is 714 g/mol. The van der Waals surface area contributed by atoms with Crippen molar-refractivity contribution < 1.29 is 9.47 Å². The van der Waals surface area contributed by atoms with E-state index in [1.54, 1.807) is 12.4 Å². The Hall–Kier alpha value is -4.74. The average Bonchev–Trinajstić information content (AvgIpc) is 3.10. The molecule has 2 N–H and O–H groups in total. The zero-order chi connectivity index (χ0) is 35.4. The molecule has 50 heavy (non-hydrogen) atoms. The summed E-state index contributed by atoms with van der Waals surface area (Å²) < 4.78 is 14.7. The molecule has 0 fully saturated rings. The van der Waals surface area contributed by atoms with Gasteiger partial charge >= 0.3 is 0 Å². The highest BCUT2D eigenvalue weighted by Gasteiger charge is 2.19. The van der Waals surface area contributed by atoms with Gasteiger partial charge in [0.1, 0.15) is 22.8 Å². The summed E-state index contributed by atoms with van der Waals surface area (Å²) in [5.74, 6) is 1.20. The number of ether oxygens (including phenoxy) is 2. The van der Waals surface area contributed by atoms with E-state index in [9.17, 15) is 9.59 Å². The maximum Gasteiger partial charge on any atom is 0.258 e. The highest BCUT2D eigenvalue weighted by atomic mass is 35.5. The Bertz CT molecular complexity index is 2160. The van der Waals surface area contributed by atoms with E-state index in [0.717, 1.165) is 37.1 Å². The molecule has 0 saturated carbocycles. The largest absolute Gasteiger partial charge is 0.492 e. The molecule has 2 aromatic carbocycles. The van der Waals surface area contributed by atoms with Gasteiger partial charge in [-0.15, -0.1) is 0 Å². The standard InChI is InChI=1S/C38H38Cl2N6O4/c1-23-17-25(49-15-7-13-41-3)21-45-33(47)19-31(43-37(23)45)29-11-5-9-27(35(29)39)28-10-6-12-30(36(28)40)32-20-34(48)46-22-26(50-16-8-14-42-4)18-24(2)38(46)44-32/h5-6,9-12,17-22,41-42H,7-8,13-16H2,1-4H3. The van der Waals surface area contributed by atoms with Crippen LogP contribution in [0.25, 0.3) is 44.9 Å². The van der Waals surface area contributed by atoms with Gasteiger partial charge in [0.05, 0.1) is 47.0 Å². The molecule has 0 aliphatic rings. The van der Waals surface area contributed by atoms with Crippen LogP contribution in [0.1, 0.15) is 24.0 Å². The SMILES string of the molecule is CNCCCOc1cc(C)c2nc(-c3cccc(-c4cccc(-c5cc(=O)n6cc(OCCCNC)cc(C)c6n5)c4Cl)c3Cl)cc(=O)n2c1. The van der Waals surface area contributed by atoms with E-state index in [1.807, 2.05) is 76.5 Å². The third kappa shape index (κ3) is 7.25. The summed E-state index contributed by atoms with van der Waals surface area (Å²) in [6, 6.07) is 17.7. The molecule has 0 aliphatic carbocycles. The first kappa shape index (κ1) is 35.1. The molecule has 0 atom stereocenters. The molecule has 0 spiro atoms. The second-order valence-electron chi connectivity index (χ2n) is 12.0. The van der Waals surface area contributed by atoms with Gasteiger partial charge in [0, 0.05) is 34.4 Å². The Kier molecular flexibility index (Phi) is 10.8. The lowest BCUT2D eigenvalue weighted by Crippen LogP contribution is -2.16. The molecule has 0 amide bonds. The third-order valence-electron chi connectivity index (χ3n) is 8.36. The lowest BCUT2D eigenvalue weighted by atomic mass is 9.98. The topological polar surface area (TPSA) is 111 Å². The monoisotopic (exact) mass is 712 g/mol. The summed E-state index contributed by atoms with van der Waals surface area (Å²) in [7, 11) is 3.79. The van der Waals surface area contributed by atoms with Crippen molar-refractivity contribution in [1.82, 2.24) is 29.4 Å². The number of rotatable bonds is 13. The number of benzene rings is 2. The second-order valence-corrected chi connectivity index (χ2v) is 12.8. The van der Waals surface area contributed by atoms with E-state index in [1.165, 1.54) is 20.9 Å². The summed E-state index contributed by atoms with van der Waals surface area (Å²) in [6.07, 6.45) is 5.01. The van der Waals surface area contributed by atoms with Gasteiger partial charge in [0.25, 0.3) is 11.1 Å². The van der Waals surface area contributed by atoms with Gasteiger partial charge in [-0.2, -0.15) is 0 Å².